The van der Waals surface area contributed by atoms with Gasteiger partial charge in [-0.15, -0.1) is 0 Å². The molecule has 0 aliphatic rings. The van der Waals surface area contributed by atoms with Crippen molar-refractivity contribution < 1.29 is 18.8 Å². The lowest BCUT2D eigenvalue weighted by molar-refractivity contribution is -0.152. The van der Waals surface area contributed by atoms with Crippen LogP contribution in [0.3, 0.4) is 0 Å². The number of amides is 1. The van der Waals surface area contributed by atoms with Gasteiger partial charge in [0.05, 0.1) is 7.11 Å². The molecule has 0 aliphatic carbocycles. The molecule has 15 heavy (non-hydrogen) atoms. The largest absolute Gasteiger partial charge is 0.462 e. The minimum atomic E-state index is -0.920. The van der Waals surface area contributed by atoms with E-state index in [0.717, 1.165) is 7.11 Å². The summed E-state index contributed by atoms with van der Waals surface area (Å²) in [6, 6.07) is 0. The van der Waals surface area contributed by atoms with Gasteiger partial charge in [-0.05, 0) is 6.92 Å². The lowest BCUT2D eigenvalue weighted by Gasteiger charge is -2.00. The number of carbonyl (C=O) groups excluding carboxylic acids is 2. The van der Waals surface area contributed by atoms with Crippen LogP contribution in [-0.4, -0.2) is 35.7 Å². The maximum Gasteiger partial charge on any atom is 0.396 e. The van der Waals surface area contributed by atoms with Crippen LogP contribution < -0.4 is 5.32 Å². The van der Waals surface area contributed by atoms with Crippen LogP contribution in [0.5, 0.6) is 0 Å². The van der Waals surface area contributed by atoms with Crippen LogP contribution in [0, 0.1) is 6.92 Å². The summed E-state index contributed by atoms with van der Waals surface area (Å²) in [6.07, 6.45) is 0.379. The van der Waals surface area contributed by atoms with E-state index in [0.29, 0.717) is 18.1 Å². The van der Waals surface area contributed by atoms with Gasteiger partial charge in [0.1, 0.15) is 0 Å². The Labute approximate surface area is 85.8 Å². The third-order valence-corrected chi connectivity index (χ3v) is 1.56. The van der Waals surface area contributed by atoms with Crippen molar-refractivity contribution in [1.29, 1.82) is 0 Å². The van der Waals surface area contributed by atoms with Crippen LogP contribution in [0.2, 0.25) is 0 Å². The third kappa shape index (κ3) is 3.37. The smallest absolute Gasteiger partial charge is 0.396 e. The molecule has 1 heterocycles. The fourth-order valence-electron chi connectivity index (χ4n) is 0.889. The molecule has 0 saturated carbocycles. The molecule has 1 aromatic heterocycles. The maximum atomic E-state index is 10.9. The van der Waals surface area contributed by atoms with E-state index < -0.39 is 11.9 Å². The second kappa shape index (κ2) is 5.08. The first-order chi connectivity index (χ1) is 7.13. The minimum absolute atomic E-state index is 0.246. The van der Waals surface area contributed by atoms with Crippen LogP contribution in [0.4, 0.5) is 0 Å². The van der Waals surface area contributed by atoms with Gasteiger partial charge in [-0.25, -0.2) is 4.79 Å². The molecule has 0 aromatic carbocycles. The third-order valence-electron chi connectivity index (χ3n) is 1.56. The topological polar surface area (TPSA) is 94.3 Å². The van der Waals surface area contributed by atoms with E-state index in [4.69, 9.17) is 4.52 Å². The van der Waals surface area contributed by atoms with Crippen LogP contribution >= 0.6 is 0 Å². The van der Waals surface area contributed by atoms with Crippen molar-refractivity contribution in [2.75, 3.05) is 13.7 Å². The molecule has 0 unspecified atom stereocenters. The highest BCUT2D eigenvalue weighted by molar-refractivity contribution is 6.32. The molecule has 1 amide bonds. The molecule has 0 saturated heterocycles. The summed E-state index contributed by atoms with van der Waals surface area (Å²) >= 11 is 0. The van der Waals surface area contributed by atoms with E-state index in [-0.39, 0.29) is 6.54 Å². The molecular formula is C8H11N3O4. The van der Waals surface area contributed by atoms with Crippen LogP contribution in [0.15, 0.2) is 4.52 Å². The highest BCUT2D eigenvalue weighted by Crippen LogP contribution is 1.95. The number of esters is 1. The van der Waals surface area contributed by atoms with Gasteiger partial charge < -0.3 is 14.6 Å². The Bertz CT molecular complexity index is 361. The van der Waals surface area contributed by atoms with Crippen molar-refractivity contribution in [2.45, 2.75) is 13.3 Å². The van der Waals surface area contributed by atoms with Gasteiger partial charge in [0.25, 0.3) is 0 Å². The fraction of sp³-hybridized carbons (Fsp3) is 0.500. The lowest BCUT2D eigenvalue weighted by Crippen LogP contribution is -2.33. The SMILES string of the molecule is COC(=O)C(=O)NCCc1nc(C)no1. The molecule has 1 rings (SSSR count). The molecule has 1 aromatic rings. The average molecular weight is 213 g/mol. The van der Waals surface area contributed by atoms with E-state index in [9.17, 15) is 9.59 Å². The highest BCUT2D eigenvalue weighted by atomic mass is 16.5. The molecule has 0 spiro atoms. The van der Waals surface area contributed by atoms with Crippen LogP contribution in [-0.2, 0) is 20.7 Å². The van der Waals surface area contributed by atoms with E-state index in [1.807, 2.05) is 0 Å². The molecule has 1 N–H and O–H groups in total. The Morgan fingerprint density at radius 2 is 2.27 bits per heavy atom. The number of hydrogen-bond donors (Lipinski definition) is 1. The highest BCUT2D eigenvalue weighted by Gasteiger charge is 2.12. The van der Waals surface area contributed by atoms with Gasteiger partial charge >= 0.3 is 11.9 Å². The Balaban J connectivity index is 2.27. The zero-order chi connectivity index (χ0) is 11.3. The van der Waals surface area contributed by atoms with Crippen LogP contribution in [0.25, 0.3) is 0 Å². The number of aromatic nitrogens is 2. The monoisotopic (exact) mass is 213 g/mol. The van der Waals surface area contributed by atoms with Gasteiger partial charge in [-0.2, -0.15) is 4.98 Å². The van der Waals surface area contributed by atoms with Crippen molar-refractivity contribution >= 4 is 11.9 Å². The summed E-state index contributed by atoms with van der Waals surface area (Å²) in [4.78, 5) is 25.5. The van der Waals surface area contributed by atoms with Gasteiger partial charge in [0, 0.05) is 13.0 Å². The molecule has 82 valence electrons. The predicted octanol–water partition coefficient (Wildman–Crippen LogP) is -0.790. The number of rotatable bonds is 3. The molecule has 0 radical (unpaired) electrons. The van der Waals surface area contributed by atoms with Gasteiger partial charge in [-0.1, -0.05) is 5.16 Å². The van der Waals surface area contributed by atoms with E-state index in [1.54, 1.807) is 6.92 Å². The summed E-state index contributed by atoms with van der Waals surface area (Å²) in [6.45, 7) is 1.94. The van der Waals surface area contributed by atoms with Gasteiger partial charge in [-0.3, -0.25) is 4.79 Å². The second-order valence-corrected chi connectivity index (χ2v) is 2.73. The molecule has 7 nitrogen and oxygen atoms in total. The van der Waals surface area contributed by atoms with Gasteiger partial charge in [0.2, 0.25) is 5.89 Å². The summed E-state index contributed by atoms with van der Waals surface area (Å²) in [5.41, 5.74) is 0. The van der Waals surface area contributed by atoms with E-state index in [1.165, 1.54) is 0 Å². The van der Waals surface area contributed by atoms with Gasteiger partial charge in [0.15, 0.2) is 5.82 Å². The van der Waals surface area contributed by atoms with Crippen molar-refractivity contribution in [3.63, 3.8) is 0 Å². The molecule has 0 atom stereocenters. The number of carbonyl (C=O) groups is 2. The Kier molecular flexibility index (Phi) is 3.78. The van der Waals surface area contributed by atoms with Crippen molar-refractivity contribution in [1.82, 2.24) is 15.5 Å². The average Bonchev–Trinajstić information content (AvgIpc) is 2.63. The molecule has 7 heteroatoms. The normalized spacial score (nSPS) is 9.73. The molecule has 0 aliphatic heterocycles. The second-order valence-electron chi connectivity index (χ2n) is 2.73. The van der Waals surface area contributed by atoms with E-state index in [2.05, 4.69) is 20.2 Å². The first-order valence-electron chi connectivity index (χ1n) is 4.29. The summed E-state index contributed by atoms with van der Waals surface area (Å²) in [5, 5.41) is 5.93. The summed E-state index contributed by atoms with van der Waals surface area (Å²) in [7, 11) is 1.14. The summed E-state index contributed by atoms with van der Waals surface area (Å²) < 4.78 is 9.02. The zero-order valence-electron chi connectivity index (χ0n) is 8.44. The number of methoxy groups -OCH3 is 1. The van der Waals surface area contributed by atoms with Crippen molar-refractivity contribution in [3.8, 4) is 0 Å². The molecule has 0 bridgehead atoms. The van der Waals surface area contributed by atoms with E-state index >= 15 is 0 Å². The first-order valence-corrected chi connectivity index (χ1v) is 4.29. The molecular weight excluding hydrogens is 202 g/mol. The lowest BCUT2D eigenvalue weighted by atomic mass is 10.4. The first kappa shape index (κ1) is 11.2. The minimum Gasteiger partial charge on any atom is -0.462 e. The number of nitrogens with one attached hydrogen (secondary N) is 1. The number of ether oxygens (including phenoxy) is 1. The standard InChI is InChI=1S/C8H11N3O4/c1-5-10-6(15-11-5)3-4-9-7(12)8(13)14-2/h3-4H2,1-2H3,(H,9,12). The van der Waals surface area contributed by atoms with Crippen molar-refractivity contribution in [2.24, 2.45) is 0 Å². The number of aryl methyl sites for hydroxylation is 1. The fourth-order valence-corrected chi connectivity index (χ4v) is 0.889. The Morgan fingerprint density at radius 3 is 2.80 bits per heavy atom. The zero-order valence-corrected chi connectivity index (χ0v) is 8.44. The Morgan fingerprint density at radius 1 is 1.53 bits per heavy atom. The Hall–Kier alpha value is -1.92. The molecule has 0 fully saturated rings. The number of nitrogens with zero attached hydrogens (tertiary/aromatic N) is 2. The predicted molar refractivity (Wildman–Crippen MR) is 47.8 cm³/mol. The summed E-state index contributed by atoms with van der Waals surface area (Å²) in [5.74, 6) is -0.757. The maximum absolute atomic E-state index is 10.9. The van der Waals surface area contributed by atoms with Crippen LogP contribution in [0.1, 0.15) is 11.7 Å². The van der Waals surface area contributed by atoms with Crippen molar-refractivity contribution in [3.05, 3.63) is 11.7 Å². The number of hydrogen-bond acceptors (Lipinski definition) is 6. The quantitative estimate of drug-likeness (QED) is 0.522.